The SMILES string of the molecule is CCn1cnc2c1C(c1cccc(C)c1)NCC2. The van der Waals surface area contributed by atoms with E-state index >= 15 is 0 Å². The molecule has 1 aromatic carbocycles. The standard InChI is InChI=1S/C15H19N3/c1-3-18-10-17-13-7-8-16-14(15(13)18)12-6-4-5-11(2)9-12/h4-6,9-10,14,16H,3,7-8H2,1-2H3. The van der Waals surface area contributed by atoms with Gasteiger partial charge in [0.25, 0.3) is 0 Å². The number of aryl methyl sites for hydroxylation is 2. The van der Waals surface area contributed by atoms with Gasteiger partial charge in [0.1, 0.15) is 0 Å². The summed E-state index contributed by atoms with van der Waals surface area (Å²) in [6.45, 7) is 6.30. The van der Waals surface area contributed by atoms with Gasteiger partial charge in [-0.25, -0.2) is 4.98 Å². The number of nitrogens with one attached hydrogen (secondary N) is 1. The first-order chi connectivity index (χ1) is 8.79. The lowest BCUT2D eigenvalue weighted by atomic mass is 9.96. The number of imidazole rings is 1. The van der Waals surface area contributed by atoms with Crippen LogP contribution in [-0.4, -0.2) is 16.1 Å². The van der Waals surface area contributed by atoms with E-state index in [4.69, 9.17) is 0 Å². The van der Waals surface area contributed by atoms with Crippen molar-refractivity contribution in [1.29, 1.82) is 0 Å². The van der Waals surface area contributed by atoms with Crippen molar-refractivity contribution in [3.8, 4) is 0 Å². The predicted molar refractivity (Wildman–Crippen MR) is 72.6 cm³/mol. The molecule has 0 fully saturated rings. The second kappa shape index (κ2) is 4.58. The zero-order chi connectivity index (χ0) is 12.5. The Morgan fingerprint density at radius 3 is 3.11 bits per heavy atom. The number of hydrogen-bond donors (Lipinski definition) is 1. The molecule has 1 unspecified atom stereocenters. The highest BCUT2D eigenvalue weighted by atomic mass is 15.1. The molecule has 0 aliphatic carbocycles. The predicted octanol–water partition coefficient (Wildman–Crippen LogP) is 2.45. The zero-order valence-corrected chi connectivity index (χ0v) is 11.0. The van der Waals surface area contributed by atoms with Gasteiger partial charge in [0.05, 0.1) is 23.8 Å². The zero-order valence-electron chi connectivity index (χ0n) is 11.0. The monoisotopic (exact) mass is 241 g/mol. The highest BCUT2D eigenvalue weighted by Gasteiger charge is 2.25. The topological polar surface area (TPSA) is 29.9 Å². The summed E-state index contributed by atoms with van der Waals surface area (Å²) in [5.41, 5.74) is 5.24. The Kier molecular flexibility index (Phi) is 2.92. The summed E-state index contributed by atoms with van der Waals surface area (Å²) in [6, 6.07) is 9.03. The molecule has 1 atom stereocenters. The van der Waals surface area contributed by atoms with Crippen LogP contribution in [0.2, 0.25) is 0 Å². The number of aromatic nitrogens is 2. The third-order valence-corrected chi connectivity index (χ3v) is 3.66. The maximum atomic E-state index is 4.55. The fraction of sp³-hybridized carbons (Fsp3) is 0.400. The van der Waals surface area contributed by atoms with Crippen molar-refractivity contribution in [3.05, 3.63) is 53.1 Å². The van der Waals surface area contributed by atoms with Crippen molar-refractivity contribution in [2.45, 2.75) is 32.9 Å². The minimum absolute atomic E-state index is 0.288. The first-order valence-corrected chi connectivity index (χ1v) is 6.63. The summed E-state index contributed by atoms with van der Waals surface area (Å²) in [5.74, 6) is 0. The number of rotatable bonds is 2. The van der Waals surface area contributed by atoms with E-state index in [1.165, 1.54) is 22.5 Å². The molecular weight excluding hydrogens is 222 g/mol. The van der Waals surface area contributed by atoms with E-state index in [0.29, 0.717) is 0 Å². The van der Waals surface area contributed by atoms with Crippen LogP contribution in [0.1, 0.15) is 35.5 Å². The minimum atomic E-state index is 0.288. The molecule has 18 heavy (non-hydrogen) atoms. The lowest BCUT2D eigenvalue weighted by Gasteiger charge is -2.26. The molecule has 1 aliphatic heterocycles. The fourth-order valence-electron chi connectivity index (χ4n) is 2.77. The summed E-state index contributed by atoms with van der Waals surface area (Å²) in [6.07, 6.45) is 3.01. The number of fused-ring (bicyclic) bond motifs is 1. The molecule has 94 valence electrons. The normalized spacial score (nSPS) is 18.7. The average molecular weight is 241 g/mol. The Morgan fingerprint density at radius 1 is 1.44 bits per heavy atom. The van der Waals surface area contributed by atoms with Crippen LogP contribution in [0.3, 0.4) is 0 Å². The maximum absolute atomic E-state index is 4.55. The Hall–Kier alpha value is -1.61. The molecule has 3 rings (SSSR count). The van der Waals surface area contributed by atoms with Gasteiger partial charge in [-0.15, -0.1) is 0 Å². The van der Waals surface area contributed by atoms with Crippen LogP contribution in [-0.2, 0) is 13.0 Å². The van der Waals surface area contributed by atoms with Gasteiger partial charge in [-0.05, 0) is 19.4 Å². The smallest absolute Gasteiger partial charge is 0.0952 e. The van der Waals surface area contributed by atoms with Gasteiger partial charge >= 0.3 is 0 Å². The van der Waals surface area contributed by atoms with Crippen LogP contribution in [0.25, 0.3) is 0 Å². The number of hydrogen-bond acceptors (Lipinski definition) is 2. The largest absolute Gasteiger partial charge is 0.333 e. The summed E-state index contributed by atoms with van der Waals surface area (Å²) < 4.78 is 2.26. The summed E-state index contributed by atoms with van der Waals surface area (Å²) in [7, 11) is 0. The first-order valence-electron chi connectivity index (χ1n) is 6.63. The second-order valence-corrected chi connectivity index (χ2v) is 4.91. The van der Waals surface area contributed by atoms with E-state index < -0.39 is 0 Å². The highest BCUT2D eigenvalue weighted by Crippen LogP contribution is 2.28. The van der Waals surface area contributed by atoms with Crippen LogP contribution in [0.4, 0.5) is 0 Å². The molecule has 0 radical (unpaired) electrons. The Bertz CT molecular complexity index is 543. The molecule has 1 aromatic heterocycles. The molecular formula is C15H19N3. The van der Waals surface area contributed by atoms with Gasteiger partial charge in [-0.2, -0.15) is 0 Å². The van der Waals surface area contributed by atoms with Crippen molar-refractivity contribution in [2.75, 3.05) is 6.54 Å². The Labute approximate surface area is 108 Å². The van der Waals surface area contributed by atoms with Crippen LogP contribution in [0.15, 0.2) is 30.6 Å². The second-order valence-electron chi connectivity index (χ2n) is 4.91. The summed E-state index contributed by atoms with van der Waals surface area (Å²) in [4.78, 5) is 4.55. The summed E-state index contributed by atoms with van der Waals surface area (Å²) >= 11 is 0. The number of benzene rings is 1. The summed E-state index contributed by atoms with van der Waals surface area (Å²) in [5, 5.41) is 3.62. The van der Waals surface area contributed by atoms with E-state index in [1.807, 2.05) is 6.33 Å². The van der Waals surface area contributed by atoms with Crippen molar-refractivity contribution in [2.24, 2.45) is 0 Å². The van der Waals surface area contributed by atoms with Crippen LogP contribution in [0, 0.1) is 6.92 Å². The van der Waals surface area contributed by atoms with Crippen LogP contribution < -0.4 is 5.32 Å². The molecule has 0 amide bonds. The molecule has 0 saturated carbocycles. The first kappa shape index (κ1) is 11.5. The van der Waals surface area contributed by atoms with Gasteiger partial charge in [-0.3, -0.25) is 0 Å². The van der Waals surface area contributed by atoms with Gasteiger partial charge in [0.15, 0.2) is 0 Å². The molecule has 1 N–H and O–H groups in total. The van der Waals surface area contributed by atoms with E-state index in [0.717, 1.165) is 19.5 Å². The molecule has 0 saturated heterocycles. The minimum Gasteiger partial charge on any atom is -0.333 e. The van der Waals surface area contributed by atoms with Gasteiger partial charge in [-0.1, -0.05) is 29.8 Å². The van der Waals surface area contributed by atoms with Gasteiger partial charge in [0.2, 0.25) is 0 Å². The fourth-order valence-corrected chi connectivity index (χ4v) is 2.77. The quantitative estimate of drug-likeness (QED) is 0.875. The van der Waals surface area contributed by atoms with Crippen molar-refractivity contribution in [3.63, 3.8) is 0 Å². The van der Waals surface area contributed by atoms with Crippen LogP contribution >= 0.6 is 0 Å². The lowest BCUT2D eigenvalue weighted by Crippen LogP contribution is -2.32. The van der Waals surface area contributed by atoms with E-state index in [2.05, 4.69) is 53.0 Å². The molecule has 0 bridgehead atoms. The van der Waals surface area contributed by atoms with Crippen molar-refractivity contribution in [1.82, 2.24) is 14.9 Å². The number of nitrogens with zero attached hydrogens (tertiary/aromatic N) is 2. The molecule has 3 nitrogen and oxygen atoms in total. The Morgan fingerprint density at radius 2 is 2.33 bits per heavy atom. The van der Waals surface area contributed by atoms with Crippen molar-refractivity contribution >= 4 is 0 Å². The highest BCUT2D eigenvalue weighted by molar-refractivity contribution is 5.35. The lowest BCUT2D eigenvalue weighted by molar-refractivity contribution is 0.524. The van der Waals surface area contributed by atoms with Crippen LogP contribution in [0.5, 0.6) is 0 Å². The van der Waals surface area contributed by atoms with E-state index in [1.54, 1.807) is 0 Å². The maximum Gasteiger partial charge on any atom is 0.0952 e. The Balaban J connectivity index is 2.07. The van der Waals surface area contributed by atoms with Crippen molar-refractivity contribution < 1.29 is 0 Å². The third-order valence-electron chi connectivity index (χ3n) is 3.66. The van der Waals surface area contributed by atoms with E-state index in [9.17, 15) is 0 Å². The average Bonchev–Trinajstić information content (AvgIpc) is 2.81. The molecule has 0 spiro atoms. The molecule has 2 heterocycles. The van der Waals surface area contributed by atoms with E-state index in [-0.39, 0.29) is 6.04 Å². The molecule has 2 aromatic rings. The van der Waals surface area contributed by atoms with Gasteiger partial charge < -0.3 is 9.88 Å². The molecule has 3 heteroatoms. The molecule has 1 aliphatic rings. The third kappa shape index (κ3) is 1.85. The van der Waals surface area contributed by atoms with Gasteiger partial charge in [0, 0.05) is 19.5 Å².